The van der Waals surface area contributed by atoms with Gasteiger partial charge in [-0.25, -0.2) is 5.01 Å². The fraction of sp³-hybridized carbons (Fsp3) is 0.529. The van der Waals surface area contributed by atoms with E-state index in [0.717, 1.165) is 0 Å². The lowest BCUT2D eigenvalue weighted by Crippen LogP contribution is -2.51. The summed E-state index contributed by atoms with van der Waals surface area (Å²) < 4.78 is 16.6. The summed E-state index contributed by atoms with van der Waals surface area (Å²) in [4.78, 5) is 51.9. The van der Waals surface area contributed by atoms with E-state index in [0.29, 0.717) is 11.3 Å². The number of nitrogens with two attached hydrogens (primary N) is 1. The number of rotatable bonds is 14. The van der Waals surface area contributed by atoms with Crippen molar-refractivity contribution < 1.29 is 38.5 Å². The van der Waals surface area contributed by atoms with Gasteiger partial charge in [0.05, 0.1) is 16.9 Å². The van der Waals surface area contributed by atoms with Crippen LogP contribution in [0.2, 0.25) is 0 Å². The number of aliphatic hydroxyl groups excluding tert-OH is 1. The van der Waals surface area contributed by atoms with Crippen molar-refractivity contribution in [2.75, 3.05) is 26.7 Å². The van der Waals surface area contributed by atoms with Gasteiger partial charge in [-0.15, -0.1) is 0 Å². The average molecular weight is 628 g/mol. The van der Waals surface area contributed by atoms with Crippen LogP contribution < -0.4 is 20.1 Å². The Hall–Kier alpha value is -3.80. The average Bonchev–Trinajstić information content (AvgIpc) is 2.94. The molecule has 45 heavy (non-hydrogen) atoms. The van der Waals surface area contributed by atoms with Crippen molar-refractivity contribution in [1.29, 1.82) is 0 Å². The fourth-order valence-electron chi connectivity index (χ4n) is 3.80. The Labute approximate surface area is 266 Å². The predicted octanol–water partition coefficient (Wildman–Crippen LogP) is 4.46. The Morgan fingerprint density at radius 3 is 1.96 bits per heavy atom. The van der Waals surface area contributed by atoms with E-state index in [1.165, 1.54) is 22.0 Å². The molecule has 248 valence electrons. The number of hydrogen-bond donors (Lipinski definition) is 2. The van der Waals surface area contributed by atoms with Gasteiger partial charge in [0.25, 0.3) is 5.91 Å². The van der Waals surface area contributed by atoms with Gasteiger partial charge < -0.3 is 24.2 Å². The first-order valence-electron chi connectivity index (χ1n) is 14.9. The van der Waals surface area contributed by atoms with E-state index < -0.39 is 34.4 Å². The second kappa shape index (κ2) is 15.5. The molecule has 11 heteroatoms. The standard InChI is InChI=1S/C34H49N3O8/c1-32(2,3)30(41)44-27-16-15-23(19-28(27)45-31(42)33(4,5)6)26(39)21-37(35)34(7,8)20-24(38)17-18-36(9)29(40)22-43-25-13-11-10-12-14-25/h10-16,19,26,39H,17-18,20-22,35H2,1-9H3. The SMILES string of the molecule is CN(CCC(=O)CC(C)(C)N(N)CC(O)c1ccc(OC(=O)C(C)(C)C)c(OC(=O)C(C)(C)C)c1)C(=O)COc1ccccc1. The van der Waals surface area contributed by atoms with E-state index in [1.807, 2.05) is 18.2 Å². The zero-order valence-electron chi connectivity index (χ0n) is 28.0. The van der Waals surface area contributed by atoms with Crippen LogP contribution in [0.3, 0.4) is 0 Å². The van der Waals surface area contributed by atoms with Gasteiger partial charge in [0.2, 0.25) is 0 Å². The quantitative estimate of drug-likeness (QED) is 0.133. The molecule has 0 saturated heterocycles. The number of para-hydroxylation sites is 1. The highest BCUT2D eigenvalue weighted by atomic mass is 16.6. The number of likely N-dealkylation sites (N-methyl/N-ethyl adjacent to an activating group) is 1. The highest BCUT2D eigenvalue weighted by Crippen LogP contribution is 2.34. The summed E-state index contributed by atoms with van der Waals surface area (Å²) in [7, 11) is 1.61. The highest BCUT2D eigenvalue weighted by Gasteiger charge is 2.31. The Bertz CT molecular complexity index is 1330. The molecule has 3 N–H and O–H groups in total. The molecule has 1 unspecified atom stereocenters. The molecule has 0 aliphatic heterocycles. The van der Waals surface area contributed by atoms with E-state index in [2.05, 4.69) is 0 Å². The van der Waals surface area contributed by atoms with Crippen LogP contribution in [0.1, 0.15) is 79.9 Å². The first-order valence-corrected chi connectivity index (χ1v) is 14.9. The summed E-state index contributed by atoms with van der Waals surface area (Å²) in [6, 6.07) is 13.5. The van der Waals surface area contributed by atoms with Gasteiger partial charge in [-0.3, -0.25) is 25.0 Å². The molecule has 0 aliphatic rings. The van der Waals surface area contributed by atoms with Gasteiger partial charge in [0, 0.05) is 38.5 Å². The first kappa shape index (κ1) is 37.4. The molecule has 11 nitrogen and oxygen atoms in total. The second-order valence-electron chi connectivity index (χ2n) is 13.8. The number of carbonyl (C=O) groups excluding carboxylic acids is 4. The van der Waals surface area contributed by atoms with E-state index in [-0.39, 0.29) is 55.7 Å². The van der Waals surface area contributed by atoms with Crippen LogP contribution in [-0.4, -0.2) is 70.9 Å². The number of β-amino-alcohol motifs (C(OH)–C–C–N with tert-alkyl or cyclic N) is 1. The number of aliphatic hydroxyl groups is 1. The smallest absolute Gasteiger partial charge is 0.316 e. The molecule has 0 radical (unpaired) electrons. The van der Waals surface area contributed by atoms with Crippen molar-refractivity contribution in [3.63, 3.8) is 0 Å². The van der Waals surface area contributed by atoms with Gasteiger partial charge in [0.15, 0.2) is 18.1 Å². The van der Waals surface area contributed by atoms with Crippen LogP contribution in [0, 0.1) is 10.8 Å². The molecule has 0 saturated carbocycles. The maximum absolute atomic E-state index is 12.8. The Balaban J connectivity index is 2.03. The molecule has 0 heterocycles. The van der Waals surface area contributed by atoms with Crippen LogP contribution in [0.25, 0.3) is 0 Å². The second-order valence-corrected chi connectivity index (χ2v) is 13.8. The zero-order chi connectivity index (χ0) is 34.2. The molecule has 2 aromatic rings. The summed E-state index contributed by atoms with van der Waals surface area (Å²) in [5.74, 6) is 5.57. The Morgan fingerprint density at radius 1 is 0.844 bits per heavy atom. The van der Waals surface area contributed by atoms with Crippen LogP contribution in [-0.2, 0) is 19.2 Å². The molecule has 0 aromatic heterocycles. The lowest BCUT2D eigenvalue weighted by atomic mass is 9.94. The Kier molecular flexibility index (Phi) is 12.8. The lowest BCUT2D eigenvalue weighted by Gasteiger charge is -2.36. The van der Waals surface area contributed by atoms with Gasteiger partial charge in [-0.1, -0.05) is 24.3 Å². The third kappa shape index (κ3) is 11.9. The number of hydrogen-bond acceptors (Lipinski definition) is 10. The molecule has 0 aliphatic carbocycles. The largest absolute Gasteiger partial charge is 0.484 e. The maximum atomic E-state index is 12.8. The molecule has 1 amide bonds. The zero-order valence-corrected chi connectivity index (χ0v) is 28.0. The molecule has 2 rings (SSSR count). The number of amides is 1. The van der Waals surface area contributed by atoms with E-state index in [4.69, 9.17) is 20.1 Å². The molecule has 2 aromatic carbocycles. The fourth-order valence-corrected chi connectivity index (χ4v) is 3.80. The minimum absolute atomic E-state index is 0.00470. The van der Waals surface area contributed by atoms with Gasteiger partial charge >= 0.3 is 11.9 Å². The number of esters is 2. The third-order valence-corrected chi connectivity index (χ3v) is 7.02. The normalized spacial score (nSPS) is 12.8. The Morgan fingerprint density at radius 2 is 1.40 bits per heavy atom. The summed E-state index contributed by atoms with van der Waals surface area (Å²) in [5, 5.41) is 12.4. The third-order valence-electron chi connectivity index (χ3n) is 7.02. The molecular weight excluding hydrogens is 578 g/mol. The summed E-state index contributed by atoms with van der Waals surface area (Å²) in [6.07, 6.45) is -0.920. The van der Waals surface area contributed by atoms with E-state index in [1.54, 1.807) is 80.6 Å². The van der Waals surface area contributed by atoms with Crippen molar-refractivity contribution >= 4 is 23.6 Å². The summed E-state index contributed by atoms with van der Waals surface area (Å²) >= 11 is 0. The van der Waals surface area contributed by atoms with Gasteiger partial charge in [-0.2, -0.15) is 0 Å². The summed E-state index contributed by atoms with van der Waals surface area (Å²) in [6.45, 7) is 13.8. The first-order chi connectivity index (χ1) is 20.7. The molecule has 0 bridgehead atoms. The van der Waals surface area contributed by atoms with Gasteiger partial charge in [-0.05, 0) is 85.2 Å². The number of ketones is 1. The lowest BCUT2D eigenvalue weighted by molar-refractivity contribution is -0.145. The predicted molar refractivity (Wildman–Crippen MR) is 170 cm³/mol. The minimum atomic E-state index is -1.13. The summed E-state index contributed by atoms with van der Waals surface area (Å²) in [5.41, 5.74) is -2.09. The number of ether oxygens (including phenoxy) is 3. The number of hydrazine groups is 1. The van der Waals surface area contributed by atoms with Crippen molar-refractivity contribution in [1.82, 2.24) is 9.91 Å². The van der Waals surface area contributed by atoms with Crippen LogP contribution in [0.15, 0.2) is 48.5 Å². The molecule has 0 fully saturated rings. The minimum Gasteiger partial charge on any atom is -0.484 e. The van der Waals surface area contributed by atoms with Crippen molar-refractivity contribution in [2.24, 2.45) is 16.7 Å². The maximum Gasteiger partial charge on any atom is 0.316 e. The van der Waals surface area contributed by atoms with Crippen molar-refractivity contribution in [3.05, 3.63) is 54.1 Å². The van der Waals surface area contributed by atoms with E-state index in [9.17, 15) is 24.3 Å². The van der Waals surface area contributed by atoms with Gasteiger partial charge in [0.1, 0.15) is 11.5 Å². The van der Waals surface area contributed by atoms with Crippen LogP contribution in [0.4, 0.5) is 0 Å². The number of nitrogens with zero attached hydrogens (tertiary/aromatic N) is 2. The number of carbonyl (C=O) groups is 4. The topological polar surface area (TPSA) is 149 Å². The molecule has 1 atom stereocenters. The molecule has 0 spiro atoms. The van der Waals surface area contributed by atoms with Crippen LogP contribution in [0.5, 0.6) is 17.2 Å². The number of benzene rings is 2. The van der Waals surface area contributed by atoms with Crippen LogP contribution >= 0.6 is 0 Å². The van der Waals surface area contributed by atoms with Crippen molar-refractivity contribution in [2.45, 2.75) is 79.9 Å². The molecular formula is C34H49N3O8. The highest BCUT2D eigenvalue weighted by molar-refractivity contribution is 5.82. The van der Waals surface area contributed by atoms with E-state index >= 15 is 0 Å². The monoisotopic (exact) mass is 627 g/mol. The van der Waals surface area contributed by atoms with Crippen molar-refractivity contribution in [3.8, 4) is 17.2 Å². The number of Topliss-reactive ketones (excluding diaryl/α,β-unsaturated/α-hetero) is 1.